The van der Waals surface area contributed by atoms with Gasteiger partial charge in [0.2, 0.25) is 0 Å². The van der Waals surface area contributed by atoms with Crippen molar-refractivity contribution < 1.29 is 0 Å². The van der Waals surface area contributed by atoms with Crippen LogP contribution in [0.15, 0.2) is 267 Å². The SMILES string of the molecule is c1ccc(-c2ccc(N(c3ccc(-c4c(-c5ccccc5)cccc4-n4c5ccccc5c5ccccc54)cc3)c3cccc(-c4ccc5ccccc5c4)c3)c(-c3ccccc3)c2)cc1. The van der Waals surface area contributed by atoms with Gasteiger partial charge in [-0.3, -0.25) is 0 Å². The summed E-state index contributed by atoms with van der Waals surface area (Å²) in [7, 11) is 0. The first-order valence-corrected chi connectivity index (χ1v) is 22.7. The number of para-hydroxylation sites is 2. The predicted molar refractivity (Wildman–Crippen MR) is 280 cm³/mol. The van der Waals surface area contributed by atoms with Crippen LogP contribution in [-0.2, 0) is 0 Å². The third-order valence-corrected chi connectivity index (χ3v) is 13.0. The average molecular weight is 841 g/mol. The molecule has 310 valence electrons. The molecule has 0 saturated heterocycles. The molecule has 0 unspecified atom stereocenters. The van der Waals surface area contributed by atoms with Gasteiger partial charge >= 0.3 is 0 Å². The Bertz CT molecular complexity index is 3630. The lowest BCUT2D eigenvalue weighted by Crippen LogP contribution is -2.11. The highest BCUT2D eigenvalue weighted by Gasteiger charge is 2.22. The van der Waals surface area contributed by atoms with Crippen LogP contribution in [0.25, 0.3) is 93.9 Å². The molecule has 2 heteroatoms. The third-order valence-electron chi connectivity index (χ3n) is 13.0. The molecule has 0 aliphatic carbocycles. The lowest BCUT2D eigenvalue weighted by Gasteiger charge is -2.29. The molecule has 0 N–H and O–H groups in total. The minimum Gasteiger partial charge on any atom is -0.310 e. The van der Waals surface area contributed by atoms with E-state index < -0.39 is 0 Å². The van der Waals surface area contributed by atoms with E-state index in [1.165, 1.54) is 66.0 Å². The van der Waals surface area contributed by atoms with Crippen LogP contribution >= 0.6 is 0 Å². The van der Waals surface area contributed by atoms with Crippen LogP contribution in [0.5, 0.6) is 0 Å². The number of nitrogens with zero attached hydrogens (tertiary/aromatic N) is 2. The van der Waals surface area contributed by atoms with Crippen LogP contribution in [0.4, 0.5) is 17.1 Å². The zero-order valence-corrected chi connectivity index (χ0v) is 36.3. The summed E-state index contributed by atoms with van der Waals surface area (Å²) in [5, 5.41) is 4.95. The first-order valence-electron chi connectivity index (χ1n) is 22.7. The van der Waals surface area contributed by atoms with E-state index in [0.717, 1.165) is 45.0 Å². The van der Waals surface area contributed by atoms with E-state index in [-0.39, 0.29) is 0 Å². The Balaban J connectivity index is 1.07. The fourth-order valence-electron chi connectivity index (χ4n) is 9.86. The standard InChI is InChI=1S/C64H44N2/c1-4-18-45(19-5-1)53-38-41-62(59(44-53)48-23-8-3-9-24-48)65(55-27-16-26-51(43-55)52-35-34-46-20-10-11-25-50(46)42-52)54-39-36-49(37-40-54)64-56(47-21-6-2-7-22-47)30-17-33-63(64)66-60-31-14-12-28-57(60)58-29-13-15-32-61(58)66/h1-44H. The molecule has 66 heavy (non-hydrogen) atoms. The number of aromatic nitrogens is 1. The Labute approximate surface area is 385 Å². The van der Waals surface area contributed by atoms with Crippen molar-refractivity contribution in [3.8, 4) is 61.3 Å². The molecule has 0 saturated carbocycles. The monoisotopic (exact) mass is 840 g/mol. The summed E-state index contributed by atoms with van der Waals surface area (Å²) in [5.74, 6) is 0. The van der Waals surface area contributed by atoms with E-state index in [1.807, 2.05) is 0 Å². The lowest BCUT2D eigenvalue weighted by atomic mass is 9.92. The topological polar surface area (TPSA) is 8.17 Å². The van der Waals surface area contributed by atoms with Crippen molar-refractivity contribution in [1.82, 2.24) is 4.57 Å². The highest BCUT2D eigenvalue weighted by Crippen LogP contribution is 2.46. The van der Waals surface area contributed by atoms with Crippen LogP contribution in [0, 0.1) is 0 Å². The predicted octanol–water partition coefficient (Wildman–Crippen LogP) is 17.7. The Kier molecular flexibility index (Phi) is 9.89. The van der Waals surface area contributed by atoms with Crippen molar-refractivity contribution in [3.63, 3.8) is 0 Å². The van der Waals surface area contributed by atoms with E-state index in [1.54, 1.807) is 0 Å². The second-order valence-electron chi connectivity index (χ2n) is 16.9. The Morgan fingerprint density at radius 1 is 0.273 bits per heavy atom. The molecule has 0 atom stereocenters. The fraction of sp³-hybridized carbons (Fsp3) is 0. The lowest BCUT2D eigenvalue weighted by molar-refractivity contribution is 1.18. The first kappa shape index (κ1) is 38.9. The molecule has 1 heterocycles. The van der Waals surface area contributed by atoms with Gasteiger partial charge in [-0.25, -0.2) is 0 Å². The van der Waals surface area contributed by atoms with Crippen molar-refractivity contribution in [2.75, 3.05) is 4.90 Å². The quantitative estimate of drug-likeness (QED) is 0.141. The van der Waals surface area contributed by atoms with Crippen molar-refractivity contribution in [3.05, 3.63) is 267 Å². The van der Waals surface area contributed by atoms with Gasteiger partial charge < -0.3 is 9.47 Å². The molecule has 11 aromatic carbocycles. The highest BCUT2D eigenvalue weighted by molar-refractivity contribution is 6.10. The van der Waals surface area contributed by atoms with E-state index in [2.05, 4.69) is 276 Å². The summed E-state index contributed by atoms with van der Waals surface area (Å²) in [6, 6.07) is 97.0. The normalized spacial score (nSPS) is 11.3. The molecule has 0 bridgehead atoms. The average Bonchev–Trinajstić information content (AvgIpc) is 3.74. The summed E-state index contributed by atoms with van der Waals surface area (Å²) in [6.45, 7) is 0. The minimum atomic E-state index is 1.06. The van der Waals surface area contributed by atoms with Crippen molar-refractivity contribution in [2.24, 2.45) is 0 Å². The minimum absolute atomic E-state index is 1.06. The zero-order chi connectivity index (χ0) is 43.8. The second kappa shape index (κ2) is 16.8. The molecule has 0 fully saturated rings. The first-order chi connectivity index (χ1) is 32.7. The molecule has 1 aromatic heterocycles. The molecule has 0 aliphatic heterocycles. The van der Waals surface area contributed by atoms with Crippen molar-refractivity contribution in [2.45, 2.75) is 0 Å². The maximum Gasteiger partial charge on any atom is 0.0546 e. The van der Waals surface area contributed by atoms with Gasteiger partial charge in [-0.1, -0.05) is 206 Å². The Hall–Kier alpha value is -8.72. The Morgan fingerprint density at radius 3 is 1.48 bits per heavy atom. The molecule has 12 aromatic rings. The molecular formula is C64H44N2. The van der Waals surface area contributed by atoms with Gasteiger partial charge in [0.15, 0.2) is 0 Å². The number of benzene rings is 11. The molecule has 12 rings (SSSR count). The fourth-order valence-corrected chi connectivity index (χ4v) is 9.86. The smallest absolute Gasteiger partial charge is 0.0546 e. The van der Waals surface area contributed by atoms with Gasteiger partial charge in [-0.2, -0.15) is 0 Å². The molecule has 2 nitrogen and oxygen atoms in total. The molecule has 0 amide bonds. The number of fused-ring (bicyclic) bond motifs is 4. The molecule has 0 radical (unpaired) electrons. The van der Waals surface area contributed by atoms with Gasteiger partial charge in [0.25, 0.3) is 0 Å². The Morgan fingerprint density at radius 2 is 0.788 bits per heavy atom. The van der Waals surface area contributed by atoms with Gasteiger partial charge in [0.1, 0.15) is 0 Å². The van der Waals surface area contributed by atoms with Gasteiger partial charge in [0.05, 0.1) is 22.4 Å². The van der Waals surface area contributed by atoms with E-state index in [0.29, 0.717) is 0 Å². The molecular weight excluding hydrogens is 797 g/mol. The summed E-state index contributed by atoms with van der Waals surface area (Å²) < 4.78 is 2.45. The summed E-state index contributed by atoms with van der Waals surface area (Å²) in [4.78, 5) is 2.43. The van der Waals surface area contributed by atoms with Crippen LogP contribution < -0.4 is 4.90 Å². The third kappa shape index (κ3) is 7.02. The summed E-state index contributed by atoms with van der Waals surface area (Å²) in [6.07, 6.45) is 0. The zero-order valence-electron chi connectivity index (χ0n) is 36.3. The van der Waals surface area contributed by atoms with Crippen LogP contribution in [0.2, 0.25) is 0 Å². The summed E-state index contributed by atoms with van der Waals surface area (Å²) in [5.41, 5.74) is 18.5. The highest BCUT2D eigenvalue weighted by atomic mass is 15.1. The van der Waals surface area contributed by atoms with E-state index >= 15 is 0 Å². The van der Waals surface area contributed by atoms with E-state index in [4.69, 9.17) is 0 Å². The van der Waals surface area contributed by atoms with Gasteiger partial charge in [0, 0.05) is 33.3 Å². The van der Waals surface area contributed by atoms with Gasteiger partial charge in [-0.15, -0.1) is 0 Å². The number of hydrogen-bond donors (Lipinski definition) is 0. The number of anilines is 3. The molecule has 0 aliphatic rings. The van der Waals surface area contributed by atoms with Crippen LogP contribution in [0.3, 0.4) is 0 Å². The number of hydrogen-bond acceptors (Lipinski definition) is 1. The maximum absolute atomic E-state index is 2.45. The number of rotatable bonds is 9. The van der Waals surface area contributed by atoms with Crippen LogP contribution in [-0.4, -0.2) is 4.57 Å². The maximum atomic E-state index is 2.45. The van der Waals surface area contributed by atoms with Crippen molar-refractivity contribution >= 4 is 49.6 Å². The van der Waals surface area contributed by atoms with Crippen LogP contribution in [0.1, 0.15) is 0 Å². The summed E-state index contributed by atoms with van der Waals surface area (Å²) >= 11 is 0. The van der Waals surface area contributed by atoms with Gasteiger partial charge in [-0.05, 0) is 116 Å². The van der Waals surface area contributed by atoms with E-state index in [9.17, 15) is 0 Å². The molecule has 0 spiro atoms. The largest absolute Gasteiger partial charge is 0.310 e. The second-order valence-corrected chi connectivity index (χ2v) is 16.9. The van der Waals surface area contributed by atoms with Crippen molar-refractivity contribution in [1.29, 1.82) is 0 Å².